The van der Waals surface area contributed by atoms with Gasteiger partial charge in [0.25, 0.3) is 5.90 Å². The van der Waals surface area contributed by atoms with Crippen LogP contribution in [0.25, 0.3) is 0 Å². The fourth-order valence-corrected chi connectivity index (χ4v) is 2.55. The number of nitrogens with one attached hydrogen (secondary N) is 1. The van der Waals surface area contributed by atoms with Gasteiger partial charge in [-0.1, -0.05) is 19.3 Å². The molecule has 1 aliphatic rings. The summed E-state index contributed by atoms with van der Waals surface area (Å²) in [5.41, 5.74) is -0.0529. The maximum absolute atomic E-state index is 12.3. The van der Waals surface area contributed by atoms with Crippen LogP contribution in [-0.2, 0) is 4.74 Å². The van der Waals surface area contributed by atoms with Crippen molar-refractivity contribution < 1.29 is 19.4 Å². The molecule has 1 aromatic rings. The van der Waals surface area contributed by atoms with E-state index in [1.807, 2.05) is 0 Å². The summed E-state index contributed by atoms with van der Waals surface area (Å²) < 4.78 is 4.90. The number of Topliss-reactive ketones (excluding diaryl/α,β-unsaturated/α-hetero) is 1. The standard InChI is InChI=1S/C16H18N4O4/c17-9-11-8-10(6-7-13(11)21)14(22)15(20-18)24-16(23)19-12-4-2-1-3-5-12/h6-8,12,21H,1-5,18H2,(H,19,23). The van der Waals surface area contributed by atoms with E-state index in [2.05, 4.69) is 10.4 Å². The number of amides is 1. The van der Waals surface area contributed by atoms with Gasteiger partial charge in [0.05, 0.1) is 5.56 Å². The molecule has 1 aromatic carbocycles. The minimum atomic E-state index is -0.793. The molecule has 0 radical (unpaired) electrons. The number of carbonyl (C=O) groups excluding carboxylic acids is 2. The maximum atomic E-state index is 12.3. The molecule has 0 unspecified atom stereocenters. The number of hydrogen-bond donors (Lipinski definition) is 3. The average Bonchev–Trinajstić information content (AvgIpc) is 2.60. The van der Waals surface area contributed by atoms with Gasteiger partial charge in [0, 0.05) is 11.6 Å². The molecule has 4 N–H and O–H groups in total. The Hall–Kier alpha value is -3.08. The van der Waals surface area contributed by atoms with Crippen molar-refractivity contribution in [2.45, 2.75) is 38.1 Å². The Morgan fingerprint density at radius 1 is 1.33 bits per heavy atom. The third kappa shape index (κ3) is 4.23. The predicted octanol–water partition coefficient (Wildman–Crippen LogP) is 1.78. The van der Waals surface area contributed by atoms with Gasteiger partial charge in [-0.3, -0.25) is 4.79 Å². The van der Waals surface area contributed by atoms with Crippen molar-refractivity contribution >= 4 is 17.8 Å². The van der Waals surface area contributed by atoms with Crippen LogP contribution < -0.4 is 11.2 Å². The first kappa shape index (κ1) is 17.3. The number of carbonyl (C=O) groups is 2. The van der Waals surface area contributed by atoms with Gasteiger partial charge in [0.2, 0.25) is 5.78 Å². The Balaban J connectivity index is 2.04. The fraction of sp³-hybridized carbons (Fsp3) is 0.375. The first-order valence-electron chi connectivity index (χ1n) is 7.59. The van der Waals surface area contributed by atoms with Crippen LogP contribution in [0.15, 0.2) is 23.3 Å². The highest BCUT2D eigenvalue weighted by atomic mass is 16.6. The van der Waals surface area contributed by atoms with Crippen LogP contribution in [0.4, 0.5) is 4.79 Å². The van der Waals surface area contributed by atoms with Crippen LogP contribution in [0.3, 0.4) is 0 Å². The zero-order valence-corrected chi connectivity index (χ0v) is 13.0. The second-order valence-corrected chi connectivity index (χ2v) is 5.48. The lowest BCUT2D eigenvalue weighted by molar-refractivity contribution is 0.103. The normalized spacial score (nSPS) is 15.4. The van der Waals surface area contributed by atoms with Crippen molar-refractivity contribution in [2.24, 2.45) is 10.9 Å². The number of nitriles is 1. The van der Waals surface area contributed by atoms with Crippen LogP contribution >= 0.6 is 0 Å². The Morgan fingerprint density at radius 2 is 2.04 bits per heavy atom. The van der Waals surface area contributed by atoms with Gasteiger partial charge >= 0.3 is 6.09 Å². The van der Waals surface area contributed by atoms with Crippen LogP contribution in [0, 0.1) is 11.3 Å². The number of alkyl carbamates (subject to hydrolysis) is 1. The van der Waals surface area contributed by atoms with E-state index in [4.69, 9.17) is 15.8 Å². The third-order valence-electron chi connectivity index (χ3n) is 3.81. The fourth-order valence-electron chi connectivity index (χ4n) is 2.55. The van der Waals surface area contributed by atoms with Gasteiger partial charge in [-0.25, -0.2) is 4.79 Å². The predicted molar refractivity (Wildman–Crippen MR) is 85.3 cm³/mol. The van der Waals surface area contributed by atoms with Crippen molar-refractivity contribution in [1.82, 2.24) is 5.32 Å². The Kier molecular flexibility index (Phi) is 5.73. The van der Waals surface area contributed by atoms with Gasteiger partial charge in [0.15, 0.2) is 0 Å². The minimum Gasteiger partial charge on any atom is -0.507 e. The number of ether oxygens (including phenoxy) is 1. The summed E-state index contributed by atoms with van der Waals surface area (Å²) in [5.74, 6) is 3.55. The number of aromatic hydroxyl groups is 1. The van der Waals surface area contributed by atoms with Crippen molar-refractivity contribution in [3.8, 4) is 11.8 Å². The third-order valence-corrected chi connectivity index (χ3v) is 3.81. The highest BCUT2D eigenvalue weighted by Crippen LogP contribution is 2.19. The quantitative estimate of drug-likeness (QED) is 0.254. The van der Waals surface area contributed by atoms with Crippen LogP contribution in [0.2, 0.25) is 0 Å². The van der Waals surface area contributed by atoms with E-state index >= 15 is 0 Å². The summed E-state index contributed by atoms with van der Waals surface area (Å²) in [6.45, 7) is 0. The maximum Gasteiger partial charge on any atom is 0.414 e. The Bertz CT molecular complexity index is 703. The van der Waals surface area contributed by atoms with Crippen molar-refractivity contribution in [3.63, 3.8) is 0 Å². The van der Waals surface area contributed by atoms with E-state index in [1.165, 1.54) is 18.2 Å². The first-order chi connectivity index (χ1) is 11.5. The molecule has 1 amide bonds. The summed E-state index contributed by atoms with van der Waals surface area (Å²) in [7, 11) is 0. The van der Waals surface area contributed by atoms with Crippen molar-refractivity contribution in [1.29, 1.82) is 5.26 Å². The molecule has 0 bridgehead atoms. The average molecular weight is 330 g/mol. The number of ketones is 1. The molecule has 2 rings (SSSR count). The molecule has 0 heterocycles. The summed E-state index contributed by atoms with van der Waals surface area (Å²) in [6.07, 6.45) is 4.14. The molecule has 8 heteroatoms. The van der Waals surface area contributed by atoms with E-state index in [0.29, 0.717) is 0 Å². The lowest BCUT2D eigenvalue weighted by atomic mass is 9.96. The minimum absolute atomic E-state index is 0.0132. The molecule has 1 saturated carbocycles. The van der Waals surface area contributed by atoms with Gasteiger partial charge < -0.3 is 21.0 Å². The topological polar surface area (TPSA) is 138 Å². The van der Waals surface area contributed by atoms with Crippen LogP contribution in [0.1, 0.15) is 48.0 Å². The molecule has 126 valence electrons. The lowest BCUT2D eigenvalue weighted by Gasteiger charge is -2.22. The molecular formula is C16H18N4O4. The highest BCUT2D eigenvalue weighted by Gasteiger charge is 2.23. The molecule has 0 spiro atoms. The van der Waals surface area contributed by atoms with E-state index < -0.39 is 17.8 Å². The smallest absolute Gasteiger partial charge is 0.414 e. The number of phenolic OH excluding ortho intramolecular Hbond substituents is 1. The number of benzene rings is 1. The molecule has 0 saturated heterocycles. The summed E-state index contributed by atoms with van der Waals surface area (Å²) in [5, 5.41) is 24.2. The first-order valence-corrected chi connectivity index (χ1v) is 7.59. The summed E-state index contributed by atoms with van der Waals surface area (Å²) >= 11 is 0. The number of phenols is 1. The van der Waals surface area contributed by atoms with Crippen LogP contribution in [0.5, 0.6) is 5.75 Å². The summed E-state index contributed by atoms with van der Waals surface area (Å²) in [4.78, 5) is 24.2. The van der Waals surface area contributed by atoms with Crippen molar-refractivity contribution in [2.75, 3.05) is 0 Å². The molecule has 24 heavy (non-hydrogen) atoms. The molecule has 8 nitrogen and oxygen atoms in total. The largest absolute Gasteiger partial charge is 0.507 e. The van der Waals surface area contributed by atoms with E-state index in [1.54, 1.807) is 6.07 Å². The number of nitrogens with two attached hydrogens (primary N) is 1. The highest BCUT2D eigenvalue weighted by molar-refractivity contribution is 6.44. The van der Waals surface area contributed by atoms with Gasteiger partial charge in [-0.05, 0) is 31.0 Å². The summed E-state index contributed by atoms with van der Waals surface area (Å²) in [6, 6.07) is 5.41. The van der Waals surface area contributed by atoms with E-state index in [-0.39, 0.29) is 22.9 Å². The Labute approximate surface area is 138 Å². The molecule has 0 aliphatic heterocycles. The molecule has 1 fully saturated rings. The van der Waals surface area contributed by atoms with Gasteiger partial charge in [0.1, 0.15) is 11.8 Å². The zero-order valence-electron chi connectivity index (χ0n) is 13.0. The number of hydrogen-bond acceptors (Lipinski definition) is 7. The SMILES string of the molecule is N#Cc1cc(C(=O)C(=NN)OC(=O)NC2CCCCC2)ccc1O. The monoisotopic (exact) mass is 330 g/mol. The molecule has 0 aromatic heterocycles. The van der Waals surface area contributed by atoms with Crippen LogP contribution in [-0.4, -0.2) is 28.9 Å². The molecule has 0 atom stereocenters. The van der Waals surface area contributed by atoms with E-state index in [0.717, 1.165) is 32.1 Å². The molecule has 1 aliphatic carbocycles. The zero-order chi connectivity index (χ0) is 17.5. The number of nitrogens with zero attached hydrogens (tertiary/aromatic N) is 2. The van der Waals surface area contributed by atoms with Gasteiger partial charge in [-0.2, -0.15) is 5.26 Å². The molecular weight excluding hydrogens is 312 g/mol. The van der Waals surface area contributed by atoms with Gasteiger partial charge in [-0.15, -0.1) is 5.10 Å². The van der Waals surface area contributed by atoms with E-state index in [9.17, 15) is 14.7 Å². The second-order valence-electron chi connectivity index (χ2n) is 5.48. The lowest BCUT2D eigenvalue weighted by Crippen LogP contribution is -2.39. The van der Waals surface area contributed by atoms with Crippen molar-refractivity contribution in [3.05, 3.63) is 29.3 Å². The Morgan fingerprint density at radius 3 is 2.67 bits per heavy atom. The second kappa shape index (κ2) is 7.97. The number of rotatable bonds is 3. The number of hydrazone groups is 1.